The number of carbonyl (C=O) groups excluding carboxylic acids is 1. The van der Waals surface area contributed by atoms with Gasteiger partial charge in [-0.3, -0.25) is 14.7 Å². The Morgan fingerprint density at radius 1 is 1.04 bits per heavy atom. The van der Waals surface area contributed by atoms with E-state index in [1.54, 1.807) is 23.2 Å². The van der Waals surface area contributed by atoms with E-state index >= 15 is 0 Å². The van der Waals surface area contributed by atoms with Crippen molar-refractivity contribution >= 4 is 44.4 Å². The number of anilines is 1. The van der Waals surface area contributed by atoms with E-state index in [2.05, 4.69) is 9.97 Å². The van der Waals surface area contributed by atoms with Crippen molar-refractivity contribution in [1.82, 2.24) is 9.97 Å². The number of nitrogens with zero attached hydrogens (tertiary/aromatic N) is 3. The Morgan fingerprint density at radius 2 is 1.82 bits per heavy atom. The average molecular weight is 410 g/mol. The normalized spacial score (nSPS) is 10.9. The highest BCUT2D eigenvalue weighted by Gasteiger charge is 2.21. The highest BCUT2D eigenvalue weighted by Crippen LogP contribution is 2.30. The van der Waals surface area contributed by atoms with Gasteiger partial charge in [0, 0.05) is 11.1 Å². The van der Waals surface area contributed by atoms with E-state index in [1.165, 1.54) is 35.2 Å². The molecule has 0 atom stereocenters. The van der Waals surface area contributed by atoms with Crippen LogP contribution in [0.5, 0.6) is 0 Å². The van der Waals surface area contributed by atoms with Crippen LogP contribution in [0.3, 0.4) is 0 Å². The van der Waals surface area contributed by atoms with Crippen molar-refractivity contribution in [2.75, 3.05) is 10.7 Å². The molecule has 2 aromatic carbocycles. The van der Waals surface area contributed by atoms with Crippen LogP contribution < -0.4 is 4.90 Å². The first-order valence-electron chi connectivity index (χ1n) is 8.63. The van der Waals surface area contributed by atoms with E-state index in [-0.39, 0.29) is 17.5 Å². The highest BCUT2D eigenvalue weighted by atomic mass is 32.2. The largest absolute Gasteiger partial charge is 0.281 e. The van der Waals surface area contributed by atoms with Gasteiger partial charge in [0.1, 0.15) is 5.82 Å². The molecule has 4 aromatic rings. The van der Waals surface area contributed by atoms with E-state index < -0.39 is 0 Å². The molecule has 0 spiro atoms. The average Bonchev–Trinajstić information content (AvgIpc) is 3.16. The maximum Gasteiger partial charge on any atom is 0.239 e. The van der Waals surface area contributed by atoms with Crippen molar-refractivity contribution < 1.29 is 9.18 Å². The molecule has 4 rings (SSSR count). The van der Waals surface area contributed by atoms with Crippen LogP contribution in [0.25, 0.3) is 10.2 Å². The molecule has 0 saturated carbocycles. The molecule has 28 heavy (non-hydrogen) atoms. The summed E-state index contributed by atoms with van der Waals surface area (Å²) in [5.41, 5.74) is 1.66. The van der Waals surface area contributed by atoms with Crippen LogP contribution in [-0.4, -0.2) is 21.6 Å². The summed E-state index contributed by atoms with van der Waals surface area (Å²) in [6.45, 7) is 0.351. The summed E-state index contributed by atoms with van der Waals surface area (Å²) in [7, 11) is 0. The first-order chi connectivity index (χ1) is 13.7. The number of hydrogen-bond acceptors (Lipinski definition) is 5. The van der Waals surface area contributed by atoms with Gasteiger partial charge in [0.15, 0.2) is 5.13 Å². The van der Waals surface area contributed by atoms with Crippen LogP contribution in [0.4, 0.5) is 9.52 Å². The highest BCUT2D eigenvalue weighted by molar-refractivity contribution is 8.00. The number of carbonyl (C=O) groups is 1. The third-order valence-electron chi connectivity index (χ3n) is 4.04. The first-order valence-corrected chi connectivity index (χ1v) is 10.4. The summed E-state index contributed by atoms with van der Waals surface area (Å²) in [6, 6.07) is 19.6. The summed E-state index contributed by atoms with van der Waals surface area (Å²) < 4.78 is 14.1. The standard InChI is InChI=1S/C21H16FN3OS2/c22-15-8-10-17(11-9-15)27-14-20(26)25(13-16-5-3-4-12-23-16)21-24-18-6-1-2-7-19(18)28-21/h1-12H,13-14H2. The predicted molar refractivity (Wildman–Crippen MR) is 112 cm³/mol. The zero-order valence-corrected chi connectivity index (χ0v) is 16.4. The molecule has 2 aromatic heterocycles. The van der Waals surface area contributed by atoms with Crippen molar-refractivity contribution in [3.05, 3.63) is 84.4 Å². The van der Waals surface area contributed by atoms with Crippen LogP contribution >= 0.6 is 23.1 Å². The smallest absolute Gasteiger partial charge is 0.239 e. The molecular weight excluding hydrogens is 393 g/mol. The molecule has 2 heterocycles. The molecule has 0 aliphatic rings. The van der Waals surface area contributed by atoms with Crippen LogP contribution in [-0.2, 0) is 11.3 Å². The lowest BCUT2D eigenvalue weighted by Gasteiger charge is -2.19. The predicted octanol–water partition coefficient (Wildman–Crippen LogP) is 5.16. The molecule has 4 nitrogen and oxygen atoms in total. The minimum Gasteiger partial charge on any atom is -0.281 e. The van der Waals surface area contributed by atoms with E-state index in [9.17, 15) is 9.18 Å². The molecule has 0 aliphatic carbocycles. The van der Waals surface area contributed by atoms with E-state index in [4.69, 9.17) is 0 Å². The topological polar surface area (TPSA) is 46.1 Å². The van der Waals surface area contributed by atoms with Gasteiger partial charge in [0.05, 0.1) is 28.2 Å². The molecule has 0 radical (unpaired) electrons. The van der Waals surface area contributed by atoms with Gasteiger partial charge in [-0.05, 0) is 48.5 Å². The molecule has 140 valence electrons. The quantitative estimate of drug-likeness (QED) is 0.413. The Labute approximate surface area is 170 Å². The third kappa shape index (κ3) is 4.37. The Kier molecular flexibility index (Phi) is 5.64. The van der Waals surface area contributed by atoms with Crippen LogP contribution in [0, 0.1) is 5.82 Å². The summed E-state index contributed by atoms with van der Waals surface area (Å²) in [5.74, 6) is -0.130. The number of rotatable bonds is 6. The van der Waals surface area contributed by atoms with Crippen molar-refractivity contribution in [2.24, 2.45) is 0 Å². The molecule has 0 fully saturated rings. The lowest BCUT2D eigenvalue weighted by molar-refractivity contribution is -0.116. The van der Waals surface area contributed by atoms with Gasteiger partial charge in [0.25, 0.3) is 0 Å². The molecule has 0 bridgehead atoms. The zero-order valence-electron chi connectivity index (χ0n) is 14.8. The molecule has 0 aliphatic heterocycles. The van der Waals surface area contributed by atoms with E-state index in [1.807, 2.05) is 42.5 Å². The molecule has 7 heteroatoms. The van der Waals surface area contributed by atoms with E-state index in [0.29, 0.717) is 11.7 Å². The number of aromatic nitrogens is 2. The fourth-order valence-corrected chi connectivity index (χ4v) is 4.40. The summed E-state index contributed by atoms with van der Waals surface area (Å²) in [6.07, 6.45) is 1.71. The fraction of sp³-hybridized carbons (Fsp3) is 0.0952. The maximum absolute atomic E-state index is 13.1. The lowest BCUT2D eigenvalue weighted by Crippen LogP contribution is -2.32. The number of amides is 1. The Hall–Kier alpha value is -2.77. The summed E-state index contributed by atoms with van der Waals surface area (Å²) in [4.78, 5) is 24.5. The molecular formula is C21H16FN3OS2. The lowest BCUT2D eigenvalue weighted by atomic mass is 10.3. The number of pyridine rings is 1. The van der Waals surface area contributed by atoms with Crippen LogP contribution in [0.15, 0.2) is 77.8 Å². The third-order valence-corrected chi connectivity index (χ3v) is 6.09. The Morgan fingerprint density at radius 3 is 2.57 bits per heavy atom. The number of fused-ring (bicyclic) bond motifs is 1. The molecule has 1 amide bonds. The Balaban J connectivity index is 1.58. The van der Waals surface area contributed by atoms with Crippen LogP contribution in [0.2, 0.25) is 0 Å². The van der Waals surface area contributed by atoms with Gasteiger partial charge < -0.3 is 0 Å². The van der Waals surface area contributed by atoms with Crippen molar-refractivity contribution in [2.45, 2.75) is 11.4 Å². The molecule has 0 N–H and O–H groups in total. The van der Waals surface area contributed by atoms with Gasteiger partial charge in [-0.25, -0.2) is 9.37 Å². The van der Waals surface area contributed by atoms with Crippen LogP contribution in [0.1, 0.15) is 5.69 Å². The zero-order chi connectivity index (χ0) is 19.3. The van der Waals surface area contributed by atoms with Crippen molar-refractivity contribution in [3.8, 4) is 0 Å². The number of thioether (sulfide) groups is 1. The summed E-state index contributed by atoms with van der Waals surface area (Å²) >= 11 is 2.86. The monoisotopic (exact) mass is 409 g/mol. The maximum atomic E-state index is 13.1. The fourth-order valence-electron chi connectivity index (χ4n) is 2.65. The summed E-state index contributed by atoms with van der Waals surface area (Å²) in [5, 5.41) is 0.650. The minimum atomic E-state index is -0.290. The number of para-hydroxylation sites is 1. The number of hydrogen-bond donors (Lipinski definition) is 0. The van der Waals surface area contributed by atoms with Gasteiger partial charge in [0.2, 0.25) is 5.91 Å². The second-order valence-electron chi connectivity index (χ2n) is 6.01. The van der Waals surface area contributed by atoms with Gasteiger partial charge in [-0.15, -0.1) is 11.8 Å². The van der Waals surface area contributed by atoms with Crippen molar-refractivity contribution in [1.29, 1.82) is 0 Å². The van der Waals surface area contributed by atoms with Crippen molar-refractivity contribution in [3.63, 3.8) is 0 Å². The molecule has 0 saturated heterocycles. The SMILES string of the molecule is O=C(CSc1ccc(F)cc1)N(Cc1ccccn1)c1nc2ccccc2s1. The number of benzene rings is 2. The Bertz CT molecular complexity index is 1050. The second kappa shape index (κ2) is 8.50. The van der Waals surface area contributed by atoms with E-state index in [0.717, 1.165) is 20.8 Å². The number of halogens is 1. The first kappa shape index (κ1) is 18.6. The van der Waals surface area contributed by atoms with Gasteiger partial charge in [-0.1, -0.05) is 29.5 Å². The number of thiazole rings is 1. The molecule has 0 unspecified atom stereocenters. The van der Waals surface area contributed by atoms with Gasteiger partial charge >= 0.3 is 0 Å². The minimum absolute atomic E-state index is 0.0703. The second-order valence-corrected chi connectivity index (χ2v) is 8.07. The van der Waals surface area contributed by atoms with Gasteiger partial charge in [-0.2, -0.15) is 0 Å².